The van der Waals surface area contributed by atoms with Gasteiger partial charge in [-0.2, -0.15) is 0 Å². The van der Waals surface area contributed by atoms with Crippen LogP contribution in [-0.4, -0.2) is 6.85 Å². The van der Waals surface area contributed by atoms with Crippen molar-refractivity contribution in [3.8, 4) is 44.5 Å². The van der Waals surface area contributed by atoms with Gasteiger partial charge in [-0.05, 0) is 171 Å². The van der Waals surface area contributed by atoms with Crippen LogP contribution in [-0.2, 0) is 18.3 Å². The highest BCUT2D eigenvalue weighted by Crippen LogP contribution is 2.55. The van der Waals surface area contributed by atoms with Gasteiger partial charge in [0.1, 0.15) is 0 Å². The van der Waals surface area contributed by atoms with Crippen molar-refractivity contribution < 1.29 is 0 Å². The summed E-state index contributed by atoms with van der Waals surface area (Å²) in [4.78, 5) is 7.77. The van der Waals surface area contributed by atoms with Crippen LogP contribution in [0.25, 0.3) is 44.5 Å². The van der Waals surface area contributed by atoms with Gasteiger partial charge in [0.2, 0.25) is 0 Å². The molecule has 3 aliphatic rings. The second-order valence-electron chi connectivity index (χ2n) is 21.4. The first-order chi connectivity index (χ1) is 36.9. The average Bonchev–Trinajstić information content (AvgIpc) is 3.69. The Morgan fingerprint density at radius 3 is 1.73 bits per heavy atom. The van der Waals surface area contributed by atoms with Crippen molar-refractivity contribution in [3.63, 3.8) is 0 Å². The summed E-state index contributed by atoms with van der Waals surface area (Å²) in [5, 5.41) is 0. The van der Waals surface area contributed by atoms with E-state index in [0.29, 0.717) is 0 Å². The van der Waals surface area contributed by atoms with Crippen LogP contribution in [0.4, 0.5) is 45.5 Å². The minimum atomic E-state index is -0.207. The summed E-state index contributed by atoms with van der Waals surface area (Å²) in [5.74, 6) is 0. The molecule has 10 aromatic carbocycles. The summed E-state index contributed by atoms with van der Waals surface area (Å²) >= 11 is 0. The zero-order chi connectivity index (χ0) is 50.6. The Morgan fingerprint density at radius 1 is 0.400 bits per heavy atom. The van der Waals surface area contributed by atoms with Gasteiger partial charge in [0.15, 0.2) is 0 Å². The number of aryl methyl sites for hydroxylation is 2. The van der Waals surface area contributed by atoms with E-state index in [1.807, 2.05) is 0 Å². The molecule has 0 unspecified atom stereocenters. The maximum atomic E-state index is 2.67. The molecule has 0 N–H and O–H groups in total. The number of nitrogens with zero attached hydrogens (tertiary/aromatic N) is 3. The molecule has 3 nitrogen and oxygen atoms in total. The van der Waals surface area contributed by atoms with Crippen molar-refractivity contribution >= 4 is 63.3 Å². The summed E-state index contributed by atoms with van der Waals surface area (Å²) in [5.41, 5.74) is 27.2. The number of anilines is 8. The second-order valence-corrected chi connectivity index (χ2v) is 21.4. The van der Waals surface area contributed by atoms with Gasteiger partial charge < -0.3 is 14.6 Å². The standard InChI is InChI=1S/C71H62BN3/c1-5-7-23-49-35-38-55(39-36-49)73(54-29-17-11-18-30-54)57-40-41-59-62-44-53(51-25-13-9-14-26-51)45-69-70(62)72(75(67(59)46-57)56-31-19-12-20-32-56)65-48-64-61(58-33-21-22-34-63(58)71(64,3)4)47-68(65)74(69)66-42-37-50(24-8-6-2)43-60(66)52-27-15-10-16-28-52/h9-22,25-48H,5-8,23-24H2,1-4H3. The minimum Gasteiger partial charge on any atom is -0.376 e. The zero-order valence-corrected chi connectivity index (χ0v) is 43.6. The van der Waals surface area contributed by atoms with Crippen LogP contribution in [0.1, 0.15) is 75.6 Å². The second kappa shape index (κ2) is 19.2. The summed E-state index contributed by atoms with van der Waals surface area (Å²) in [6.07, 6.45) is 6.81. The molecule has 0 aromatic heterocycles. The van der Waals surface area contributed by atoms with Gasteiger partial charge >= 0.3 is 6.85 Å². The van der Waals surface area contributed by atoms with E-state index < -0.39 is 0 Å². The third kappa shape index (κ3) is 7.98. The van der Waals surface area contributed by atoms with Crippen molar-refractivity contribution in [2.45, 2.75) is 71.6 Å². The highest BCUT2D eigenvalue weighted by Gasteiger charge is 2.48. The maximum Gasteiger partial charge on any atom is 0.333 e. The van der Waals surface area contributed by atoms with E-state index in [-0.39, 0.29) is 12.3 Å². The van der Waals surface area contributed by atoms with Crippen molar-refractivity contribution in [3.05, 3.63) is 253 Å². The molecule has 0 spiro atoms. The molecule has 0 fully saturated rings. The first-order valence-corrected chi connectivity index (χ1v) is 27.3. The Balaban J connectivity index is 1.13. The molecule has 364 valence electrons. The van der Waals surface area contributed by atoms with Gasteiger partial charge in [0, 0.05) is 56.4 Å². The molecule has 2 heterocycles. The molecule has 1 aliphatic carbocycles. The summed E-state index contributed by atoms with van der Waals surface area (Å²) < 4.78 is 0. The Hall–Kier alpha value is -8.34. The minimum absolute atomic E-state index is 0.173. The molecular formula is C71H62BN3. The molecular weight excluding hydrogens is 906 g/mol. The lowest BCUT2D eigenvalue weighted by Crippen LogP contribution is -2.61. The first kappa shape index (κ1) is 46.5. The fourth-order valence-corrected chi connectivity index (χ4v) is 12.6. The molecule has 0 bridgehead atoms. The van der Waals surface area contributed by atoms with E-state index in [9.17, 15) is 0 Å². The highest BCUT2D eigenvalue weighted by molar-refractivity contribution is 6.93. The smallest absolute Gasteiger partial charge is 0.333 e. The average molecular weight is 968 g/mol. The molecule has 4 heteroatoms. The van der Waals surface area contributed by atoms with E-state index in [4.69, 9.17) is 0 Å². The van der Waals surface area contributed by atoms with Gasteiger partial charge in [-0.1, -0.05) is 192 Å². The van der Waals surface area contributed by atoms with Crippen LogP contribution in [0.2, 0.25) is 0 Å². The van der Waals surface area contributed by atoms with Crippen molar-refractivity contribution in [2.24, 2.45) is 0 Å². The lowest BCUT2D eigenvalue weighted by Gasteiger charge is -2.47. The highest BCUT2D eigenvalue weighted by atomic mass is 15.2. The predicted molar refractivity (Wildman–Crippen MR) is 321 cm³/mol. The zero-order valence-electron chi connectivity index (χ0n) is 43.6. The SMILES string of the molecule is CCCCc1ccc(N(c2ccccc2)c2ccc3c(c2)N(c2ccccc2)B2c4cc5c(cc4N(c4ccc(CCCC)cc4-c4ccccc4)c4cc(-c6ccccc6)cc-3c42)-c2ccccc2C5(C)C)cc1. The molecule has 2 aliphatic heterocycles. The number of unbranched alkanes of at least 4 members (excludes halogenated alkanes) is 2. The third-order valence-corrected chi connectivity index (χ3v) is 16.4. The number of fused-ring (bicyclic) bond motifs is 7. The Kier molecular flexibility index (Phi) is 11.9. The van der Waals surface area contributed by atoms with Crippen LogP contribution in [0.15, 0.2) is 231 Å². The molecule has 75 heavy (non-hydrogen) atoms. The van der Waals surface area contributed by atoms with Gasteiger partial charge in [0.05, 0.1) is 5.69 Å². The van der Waals surface area contributed by atoms with Crippen molar-refractivity contribution in [2.75, 3.05) is 14.6 Å². The number of benzene rings is 10. The molecule has 0 atom stereocenters. The van der Waals surface area contributed by atoms with Crippen LogP contribution >= 0.6 is 0 Å². The first-order valence-electron chi connectivity index (χ1n) is 27.3. The van der Waals surface area contributed by atoms with Gasteiger partial charge in [-0.3, -0.25) is 0 Å². The maximum absolute atomic E-state index is 2.67. The summed E-state index contributed by atoms with van der Waals surface area (Å²) in [6, 6.07) is 87.3. The van der Waals surface area contributed by atoms with Gasteiger partial charge in [-0.15, -0.1) is 0 Å². The molecule has 0 amide bonds. The van der Waals surface area contributed by atoms with Crippen molar-refractivity contribution in [1.29, 1.82) is 0 Å². The fraction of sp³-hybridized carbons (Fsp3) is 0.155. The van der Waals surface area contributed by atoms with Gasteiger partial charge in [-0.25, -0.2) is 0 Å². The van der Waals surface area contributed by atoms with E-state index >= 15 is 0 Å². The lowest BCUT2D eigenvalue weighted by atomic mass is 9.43. The Bertz CT molecular complexity index is 3720. The predicted octanol–water partition coefficient (Wildman–Crippen LogP) is 18.2. The molecule has 10 aromatic rings. The quantitative estimate of drug-likeness (QED) is 0.107. The topological polar surface area (TPSA) is 9.72 Å². The van der Waals surface area contributed by atoms with Crippen LogP contribution in [0.5, 0.6) is 0 Å². The van der Waals surface area contributed by atoms with Crippen LogP contribution in [0, 0.1) is 0 Å². The summed E-state index contributed by atoms with van der Waals surface area (Å²) in [7, 11) is 0. The normalized spacial score (nSPS) is 13.4. The van der Waals surface area contributed by atoms with Crippen molar-refractivity contribution in [1.82, 2.24) is 0 Å². The number of hydrogen-bond acceptors (Lipinski definition) is 3. The number of hydrogen-bond donors (Lipinski definition) is 0. The lowest BCUT2D eigenvalue weighted by molar-refractivity contribution is 0.661. The van der Waals surface area contributed by atoms with Crippen LogP contribution < -0.4 is 25.5 Å². The number of para-hydroxylation sites is 2. The monoisotopic (exact) mass is 968 g/mol. The summed E-state index contributed by atoms with van der Waals surface area (Å²) in [6.45, 7) is 9.23. The Morgan fingerprint density at radius 2 is 1.01 bits per heavy atom. The van der Waals surface area contributed by atoms with E-state index in [2.05, 4.69) is 273 Å². The molecule has 0 radical (unpaired) electrons. The fourth-order valence-electron chi connectivity index (χ4n) is 12.6. The Labute approximate surface area is 444 Å². The van der Waals surface area contributed by atoms with E-state index in [1.54, 1.807) is 0 Å². The molecule has 13 rings (SSSR count). The molecule has 0 saturated carbocycles. The largest absolute Gasteiger partial charge is 0.376 e. The van der Waals surface area contributed by atoms with Crippen LogP contribution in [0.3, 0.4) is 0 Å². The van der Waals surface area contributed by atoms with Gasteiger partial charge in [0.25, 0.3) is 0 Å². The van der Waals surface area contributed by atoms with E-state index in [0.717, 1.165) is 48.4 Å². The van der Waals surface area contributed by atoms with E-state index in [1.165, 1.54) is 113 Å². The molecule has 0 saturated heterocycles. The third-order valence-electron chi connectivity index (χ3n) is 16.4. The number of rotatable bonds is 13.